The molecule has 0 saturated carbocycles. The summed E-state index contributed by atoms with van der Waals surface area (Å²) in [5, 5.41) is 7.50. The average Bonchev–Trinajstić information content (AvgIpc) is 3.04. The molecule has 2 N–H and O–H groups in total. The number of aryl methyl sites for hydroxylation is 1. The van der Waals surface area contributed by atoms with Crippen LogP contribution in [0, 0.1) is 6.92 Å². The van der Waals surface area contributed by atoms with Crippen molar-refractivity contribution in [2.75, 3.05) is 17.2 Å². The Morgan fingerprint density at radius 1 is 1.15 bits per heavy atom. The molecule has 1 atom stereocenters. The molecule has 4 rings (SSSR count). The number of nitrogens with zero attached hydrogens (tertiary/aromatic N) is 2. The zero-order chi connectivity index (χ0) is 17.9. The van der Waals surface area contributed by atoms with Crippen molar-refractivity contribution in [3.05, 3.63) is 82.1 Å². The molecule has 0 fully saturated rings. The number of nitrogens with one attached hydrogen (secondary N) is 2. The number of aromatic nitrogens is 2. The number of hydrogen-bond acceptors (Lipinski definition) is 4. The highest BCUT2D eigenvalue weighted by Gasteiger charge is 2.23. The summed E-state index contributed by atoms with van der Waals surface area (Å²) in [5.74, 6) is 2.32. The van der Waals surface area contributed by atoms with E-state index >= 15 is 0 Å². The first-order valence-electron chi connectivity index (χ1n) is 8.81. The van der Waals surface area contributed by atoms with Gasteiger partial charge in [-0.25, -0.2) is 9.97 Å². The summed E-state index contributed by atoms with van der Waals surface area (Å²) >= 11 is 6.19. The SMILES string of the molecule is Cc1cnc2c(c1)C(Cc1ccc(NCc3ccccc3Cl)nc1)CN2. The number of pyridine rings is 2. The molecular formula is C21H21ClN4. The van der Waals surface area contributed by atoms with Crippen LogP contribution in [0.2, 0.25) is 5.02 Å². The molecule has 132 valence electrons. The Labute approximate surface area is 158 Å². The maximum Gasteiger partial charge on any atom is 0.129 e. The highest BCUT2D eigenvalue weighted by atomic mass is 35.5. The summed E-state index contributed by atoms with van der Waals surface area (Å²) in [6.07, 6.45) is 4.83. The normalized spacial score (nSPS) is 15.4. The third-order valence-electron chi connectivity index (χ3n) is 4.73. The minimum atomic E-state index is 0.445. The van der Waals surface area contributed by atoms with Crippen molar-refractivity contribution >= 4 is 23.2 Å². The summed E-state index contributed by atoms with van der Waals surface area (Å²) in [6, 6.07) is 14.3. The molecule has 3 heterocycles. The van der Waals surface area contributed by atoms with Crippen molar-refractivity contribution < 1.29 is 0 Å². The molecule has 5 heteroatoms. The van der Waals surface area contributed by atoms with Crippen molar-refractivity contribution in [1.82, 2.24) is 9.97 Å². The molecule has 3 aromatic rings. The first-order valence-corrected chi connectivity index (χ1v) is 9.19. The van der Waals surface area contributed by atoms with E-state index in [1.165, 1.54) is 16.7 Å². The van der Waals surface area contributed by atoms with Crippen LogP contribution < -0.4 is 10.6 Å². The Bertz CT molecular complexity index is 908. The predicted molar refractivity (Wildman–Crippen MR) is 107 cm³/mol. The van der Waals surface area contributed by atoms with Crippen LogP contribution in [0.5, 0.6) is 0 Å². The lowest BCUT2D eigenvalue weighted by atomic mass is 9.95. The molecular weight excluding hydrogens is 344 g/mol. The van der Waals surface area contributed by atoms with Crippen LogP contribution in [0.15, 0.2) is 54.9 Å². The fourth-order valence-corrected chi connectivity index (χ4v) is 3.53. The number of halogens is 1. The molecule has 0 spiro atoms. The summed E-state index contributed by atoms with van der Waals surface area (Å²) < 4.78 is 0. The van der Waals surface area contributed by atoms with Gasteiger partial charge in [-0.05, 0) is 47.7 Å². The number of rotatable bonds is 5. The van der Waals surface area contributed by atoms with Crippen molar-refractivity contribution in [1.29, 1.82) is 0 Å². The Morgan fingerprint density at radius 2 is 2.04 bits per heavy atom. The molecule has 26 heavy (non-hydrogen) atoms. The van der Waals surface area contributed by atoms with Gasteiger partial charge < -0.3 is 10.6 Å². The fraction of sp³-hybridized carbons (Fsp3) is 0.238. The van der Waals surface area contributed by atoms with E-state index in [1.54, 1.807) is 0 Å². The van der Waals surface area contributed by atoms with Crippen molar-refractivity contribution in [2.45, 2.75) is 25.8 Å². The van der Waals surface area contributed by atoms with Crippen LogP contribution in [0.4, 0.5) is 11.6 Å². The van der Waals surface area contributed by atoms with Gasteiger partial charge in [-0.15, -0.1) is 0 Å². The highest BCUT2D eigenvalue weighted by molar-refractivity contribution is 6.31. The van der Waals surface area contributed by atoms with Crippen LogP contribution >= 0.6 is 11.6 Å². The zero-order valence-electron chi connectivity index (χ0n) is 14.7. The van der Waals surface area contributed by atoms with E-state index in [4.69, 9.17) is 11.6 Å². The summed E-state index contributed by atoms with van der Waals surface area (Å²) in [7, 11) is 0. The van der Waals surface area contributed by atoms with Crippen LogP contribution in [0.1, 0.15) is 28.2 Å². The standard InChI is InChI=1S/C21H21ClN4/c1-14-8-18-17(13-26-21(18)25-10-14)9-15-6-7-20(23-11-15)24-12-16-4-2-3-5-19(16)22/h2-8,10-11,17H,9,12-13H2,1H3,(H,23,24)(H,25,26). The first kappa shape index (κ1) is 16.9. The number of benzene rings is 1. The van der Waals surface area contributed by atoms with Gasteiger partial charge in [-0.3, -0.25) is 0 Å². The van der Waals surface area contributed by atoms with E-state index in [2.05, 4.69) is 39.7 Å². The number of hydrogen-bond donors (Lipinski definition) is 2. The number of anilines is 2. The Morgan fingerprint density at radius 3 is 2.85 bits per heavy atom. The molecule has 0 aliphatic carbocycles. The quantitative estimate of drug-likeness (QED) is 0.682. The van der Waals surface area contributed by atoms with Crippen molar-refractivity contribution in [2.24, 2.45) is 0 Å². The van der Waals surface area contributed by atoms with Crippen LogP contribution in [0.3, 0.4) is 0 Å². The minimum Gasteiger partial charge on any atom is -0.369 e. The maximum atomic E-state index is 6.19. The highest BCUT2D eigenvalue weighted by Crippen LogP contribution is 2.32. The summed E-state index contributed by atoms with van der Waals surface area (Å²) in [5.41, 5.74) is 4.81. The van der Waals surface area contributed by atoms with Gasteiger partial charge in [0.15, 0.2) is 0 Å². The fourth-order valence-electron chi connectivity index (χ4n) is 3.32. The van der Waals surface area contributed by atoms with E-state index < -0.39 is 0 Å². The molecule has 1 aliphatic rings. The minimum absolute atomic E-state index is 0.445. The lowest BCUT2D eigenvalue weighted by Gasteiger charge is -2.11. The van der Waals surface area contributed by atoms with Gasteiger partial charge >= 0.3 is 0 Å². The third-order valence-corrected chi connectivity index (χ3v) is 5.10. The molecule has 4 nitrogen and oxygen atoms in total. The lowest BCUT2D eigenvalue weighted by Crippen LogP contribution is -2.06. The van der Waals surface area contributed by atoms with E-state index in [0.717, 1.165) is 35.2 Å². The second-order valence-electron chi connectivity index (χ2n) is 6.73. The van der Waals surface area contributed by atoms with Gasteiger partial charge in [0.25, 0.3) is 0 Å². The molecule has 1 aliphatic heterocycles. The van der Waals surface area contributed by atoms with Gasteiger partial charge in [0.05, 0.1) is 0 Å². The molecule has 1 aromatic carbocycles. The van der Waals surface area contributed by atoms with E-state index in [0.29, 0.717) is 12.5 Å². The van der Waals surface area contributed by atoms with Crippen LogP contribution in [0.25, 0.3) is 0 Å². The smallest absolute Gasteiger partial charge is 0.129 e. The van der Waals surface area contributed by atoms with E-state index in [9.17, 15) is 0 Å². The van der Waals surface area contributed by atoms with Gasteiger partial charge in [0.2, 0.25) is 0 Å². The van der Waals surface area contributed by atoms with Crippen molar-refractivity contribution in [3.8, 4) is 0 Å². The van der Waals surface area contributed by atoms with Crippen LogP contribution in [-0.4, -0.2) is 16.5 Å². The second kappa shape index (κ2) is 7.34. The topological polar surface area (TPSA) is 49.8 Å². The zero-order valence-corrected chi connectivity index (χ0v) is 15.4. The van der Waals surface area contributed by atoms with Gasteiger partial charge in [0.1, 0.15) is 11.6 Å². The summed E-state index contributed by atoms with van der Waals surface area (Å²) in [4.78, 5) is 9.03. The Hall–Kier alpha value is -2.59. The predicted octanol–water partition coefficient (Wildman–Crippen LogP) is 4.80. The third kappa shape index (κ3) is 3.65. The van der Waals surface area contributed by atoms with Crippen LogP contribution in [-0.2, 0) is 13.0 Å². The summed E-state index contributed by atoms with van der Waals surface area (Å²) in [6.45, 7) is 3.68. The first-order chi connectivity index (χ1) is 12.7. The molecule has 1 unspecified atom stereocenters. The van der Waals surface area contributed by atoms with Gasteiger partial charge in [-0.2, -0.15) is 0 Å². The number of fused-ring (bicyclic) bond motifs is 1. The monoisotopic (exact) mass is 364 g/mol. The Balaban J connectivity index is 1.40. The molecule has 2 aromatic heterocycles. The largest absolute Gasteiger partial charge is 0.369 e. The Kier molecular flexibility index (Phi) is 4.76. The van der Waals surface area contributed by atoms with Crippen molar-refractivity contribution in [3.63, 3.8) is 0 Å². The maximum absolute atomic E-state index is 6.19. The molecule has 0 amide bonds. The average molecular weight is 365 g/mol. The van der Waals surface area contributed by atoms with E-state index in [1.807, 2.05) is 42.7 Å². The molecule has 0 bridgehead atoms. The lowest BCUT2D eigenvalue weighted by molar-refractivity contribution is 0.748. The molecule has 0 radical (unpaired) electrons. The second-order valence-corrected chi connectivity index (χ2v) is 7.14. The van der Waals surface area contributed by atoms with Gasteiger partial charge in [0, 0.05) is 36.4 Å². The van der Waals surface area contributed by atoms with Gasteiger partial charge in [-0.1, -0.05) is 41.9 Å². The van der Waals surface area contributed by atoms with E-state index in [-0.39, 0.29) is 0 Å². The molecule has 0 saturated heterocycles.